The molecular weight excluding hydrogens is 506 g/mol. The number of nitrogens with one attached hydrogen (secondary N) is 3. The molecule has 0 spiro atoms. The highest BCUT2D eigenvalue weighted by atomic mass is 79.9. The molecule has 0 fully saturated rings. The quantitative estimate of drug-likeness (QED) is 0.243. The smallest absolute Gasteiger partial charge is 0.269 e. The van der Waals surface area contributed by atoms with Gasteiger partial charge < -0.3 is 9.47 Å². The van der Waals surface area contributed by atoms with E-state index in [-0.39, 0.29) is 11.0 Å². The van der Waals surface area contributed by atoms with Gasteiger partial charge in [0.15, 0.2) is 5.11 Å². The summed E-state index contributed by atoms with van der Waals surface area (Å²) in [6.07, 6.45) is 0. The molecule has 3 rings (SSSR count). The van der Waals surface area contributed by atoms with Crippen molar-refractivity contribution in [1.82, 2.24) is 16.2 Å². The number of thiocarbonyl (C=S) groups is 1. The Balaban J connectivity index is 1.40. The van der Waals surface area contributed by atoms with Crippen molar-refractivity contribution in [2.45, 2.75) is 6.92 Å². The number of ether oxygens (including phenoxy) is 2. The van der Waals surface area contributed by atoms with E-state index in [1.54, 1.807) is 36.4 Å². The van der Waals surface area contributed by atoms with E-state index in [2.05, 4.69) is 32.1 Å². The second-order valence-electron chi connectivity index (χ2n) is 6.86. The van der Waals surface area contributed by atoms with Crippen molar-refractivity contribution in [2.24, 2.45) is 0 Å². The summed E-state index contributed by atoms with van der Waals surface area (Å²) in [4.78, 5) is 24.6. The van der Waals surface area contributed by atoms with Crippen molar-refractivity contribution >= 4 is 45.1 Å². The number of hydrogen-bond donors (Lipinski definition) is 3. The highest BCUT2D eigenvalue weighted by Crippen LogP contribution is 2.17. The second-order valence-corrected chi connectivity index (χ2v) is 8.12. The minimum atomic E-state index is -0.418. The molecule has 0 atom stereocenters. The first-order chi connectivity index (χ1) is 15.9. The van der Waals surface area contributed by atoms with Crippen LogP contribution in [0.3, 0.4) is 0 Å². The van der Waals surface area contributed by atoms with Crippen LogP contribution in [0.4, 0.5) is 0 Å². The third-order valence-corrected chi connectivity index (χ3v) is 5.49. The molecule has 0 radical (unpaired) electrons. The summed E-state index contributed by atoms with van der Waals surface area (Å²) >= 11 is 8.46. The van der Waals surface area contributed by atoms with Crippen molar-refractivity contribution in [2.75, 3.05) is 13.2 Å². The lowest BCUT2D eigenvalue weighted by molar-refractivity contribution is 0.0934. The van der Waals surface area contributed by atoms with E-state index in [9.17, 15) is 9.59 Å². The maximum absolute atomic E-state index is 12.4. The number of rotatable bonds is 7. The van der Waals surface area contributed by atoms with Crippen LogP contribution in [0, 0.1) is 6.92 Å². The Kier molecular flexibility index (Phi) is 8.79. The van der Waals surface area contributed by atoms with Crippen molar-refractivity contribution in [3.05, 3.63) is 94.0 Å². The average Bonchev–Trinajstić information content (AvgIpc) is 2.83. The molecule has 2 amide bonds. The average molecular weight is 528 g/mol. The third-order valence-electron chi connectivity index (χ3n) is 4.43. The van der Waals surface area contributed by atoms with Crippen LogP contribution in [-0.2, 0) is 0 Å². The van der Waals surface area contributed by atoms with Gasteiger partial charge in [-0.2, -0.15) is 0 Å². The number of carbonyl (C=O) groups excluding carboxylic acids is 2. The number of hydrazine groups is 1. The minimum absolute atomic E-state index is 0.0297. The zero-order valence-corrected chi connectivity index (χ0v) is 20.2. The van der Waals surface area contributed by atoms with Crippen molar-refractivity contribution in [1.29, 1.82) is 0 Å². The minimum Gasteiger partial charge on any atom is -0.490 e. The number of carbonyl (C=O) groups is 2. The standard InChI is InChI=1S/C24H22BrN3O4S/c1-16-7-8-18(15-21(16)25)23(30)27-28-24(33)26-22(29)17-9-11-20(12-10-17)32-14-13-31-19-5-3-2-4-6-19/h2-12,15H,13-14H2,1H3,(H,27,30)(H2,26,28,29,33). The summed E-state index contributed by atoms with van der Waals surface area (Å²) in [6.45, 7) is 2.69. The lowest BCUT2D eigenvalue weighted by Crippen LogP contribution is -2.48. The fourth-order valence-electron chi connectivity index (χ4n) is 2.66. The van der Waals surface area contributed by atoms with E-state index in [0.717, 1.165) is 15.8 Å². The lowest BCUT2D eigenvalue weighted by atomic mass is 10.1. The van der Waals surface area contributed by atoms with Crippen LogP contribution in [0.15, 0.2) is 77.3 Å². The van der Waals surface area contributed by atoms with Crippen LogP contribution < -0.4 is 25.6 Å². The molecule has 0 saturated carbocycles. The Bertz CT molecular complexity index is 1120. The predicted molar refractivity (Wildman–Crippen MR) is 133 cm³/mol. The fourth-order valence-corrected chi connectivity index (χ4v) is 3.19. The Labute approximate surface area is 205 Å². The molecule has 0 bridgehead atoms. The number of para-hydroxylation sites is 1. The van der Waals surface area contributed by atoms with Crippen molar-refractivity contribution < 1.29 is 19.1 Å². The van der Waals surface area contributed by atoms with E-state index in [1.807, 2.05) is 43.3 Å². The maximum Gasteiger partial charge on any atom is 0.269 e. The second kappa shape index (κ2) is 12.0. The van der Waals surface area contributed by atoms with E-state index in [4.69, 9.17) is 21.7 Å². The molecule has 0 aliphatic carbocycles. The largest absolute Gasteiger partial charge is 0.490 e. The van der Waals surface area contributed by atoms with Crippen LogP contribution >= 0.6 is 28.1 Å². The molecule has 7 nitrogen and oxygen atoms in total. The Hall–Kier alpha value is -3.43. The van der Waals surface area contributed by atoms with Gasteiger partial charge in [0.05, 0.1) is 0 Å². The van der Waals surface area contributed by atoms with Gasteiger partial charge in [-0.1, -0.05) is 40.2 Å². The summed E-state index contributed by atoms with van der Waals surface area (Å²) in [5.74, 6) is 0.588. The Morgan fingerprint density at radius 2 is 1.42 bits per heavy atom. The summed E-state index contributed by atoms with van der Waals surface area (Å²) in [7, 11) is 0. The molecule has 3 N–H and O–H groups in total. The van der Waals surface area contributed by atoms with Gasteiger partial charge in [-0.05, 0) is 73.2 Å². The maximum atomic E-state index is 12.4. The first-order valence-corrected chi connectivity index (χ1v) is 11.2. The zero-order valence-electron chi connectivity index (χ0n) is 17.8. The molecule has 0 saturated heterocycles. The highest BCUT2D eigenvalue weighted by Gasteiger charge is 2.11. The third kappa shape index (κ3) is 7.58. The summed E-state index contributed by atoms with van der Waals surface area (Å²) in [6, 6.07) is 21.3. The predicted octanol–water partition coefficient (Wildman–Crippen LogP) is 4.16. The topological polar surface area (TPSA) is 88.7 Å². The van der Waals surface area contributed by atoms with Crippen LogP contribution in [0.1, 0.15) is 26.3 Å². The normalized spacial score (nSPS) is 10.1. The van der Waals surface area contributed by atoms with Gasteiger partial charge in [-0.3, -0.25) is 25.8 Å². The van der Waals surface area contributed by atoms with Gasteiger partial charge >= 0.3 is 0 Å². The molecule has 3 aromatic rings. The van der Waals surface area contributed by atoms with E-state index in [1.165, 1.54) is 0 Å². The van der Waals surface area contributed by atoms with Crippen LogP contribution in [0.2, 0.25) is 0 Å². The molecule has 0 aromatic heterocycles. The van der Waals surface area contributed by atoms with Crippen molar-refractivity contribution in [3.63, 3.8) is 0 Å². The molecule has 0 aliphatic heterocycles. The van der Waals surface area contributed by atoms with Crippen LogP contribution in [-0.4, -0.2) is 30.1 Å². The van der Waals surface area contributed by atoms with E-state index < -0.39 is 5.91 Å². The number of hydrogen-bond acceptors (Lipinski definition) is 5. The Morgan fingerprint density at radius 1 is 0.818 bits per heavy atom. The first-order valence-electron chi connectivity index (χ1n) is 10.0. The molecular formula is C24H22BrN3O4S. The molecule has 170 valence electrons. The molecule has 0 heterocycles. The van der Waals surface area contributed by atoms with Gasteiger partial charge in [0.1, 0.15) is 24.7 Å². The SMILES string of the molecule is Cc1ccc(C(=O)NNC(=S)NC(=O)c2ccc(OCCOc3ccccc3)cc2)cc1Br. The lowest BCUT2D eigenvalue weighted by Gasteiger charge is -2.12. The first kappa shape index (κ1) is 24.2. The van der Waals surface area contributed by atoms with Crippen molar-refractivity contribution in [3.8, 4) is 11.5 Å². The van der Waals surface area contributed by atoms with Gasteiger partial charge in [0, 0.05) is 15.6 Å². The Morgan fingerprint density at radius 3 is 2.06 bits per heavy atom. The summed E-state index contributed by atoms with van der Waals surface area (Å²) in [5, 5.41) is 2.48. The van der Waals surface area contributed by atoms with E-state index in [0.29, 0.717) is 30.1 Å². The highest BCUT2D eigenvalue weighted by molar-refractivity contribution is 9.10. The van der Waals surface area contributed by atoms with Gasteiger partial charge in [0.25, 0.3) is 11.8 Å². The summed E-state index contributed by atoms with van der Waals surface area (Å²) in [5.41, 5.74) is 6.82. The zero-order chi connectivity index (χ0) is 23.6. The fraction of sp³-hybridized carbons (Fsp3) is 0.125. The molecule has 33 heavy (non-hydrogen) atoms. The van der Waals surface area contributed by atoms with Crippen LogP contribution in [0.25, 0.3) is 0 Å². The van der Waals surface area contributed by atoms with Gasteiger partial charge in [-0.25, -0.2) is 0 Å². The monoisotopic (exact) mass is 527 g/mol. The number of aryl methyl sites for hydroxylation is 1. The molecule has 0 unspecified atom stereocenters. The molecule has 3 aromatic carbocycles. The number of benzene rings is 3. The van der Waals surface area contributed by atoms with Gasteiger partial charge in [0.2, 0.25) is 0 Å². The van der Waals surface area contributed by atoms with Gasteiger partial charge in [-0.15, -0.1) is 0 Å². The molecule has 0 aliphatic rings. The summed E-state index contributed by atoms with van der Waals surface area (Å²) < 4.78 is 12.0. The number of amides is 2. The number of halogens is 1. The van der Waals surface area contributed by atoms with E-state index >= 15 is 0 Å². The van der Waals surface area contributed by atoms with Crippen LogP contribution in [0.5, 0.6) is 11.5 Å². The molecule has 9 heteroatoms.